The fourth-order valence-electron chi connectivity index (χ4n) is 1.78. The molecule has 0 saturated carbocycles. The van der Waals surface area contributed by atoms with Crippen LogP contribution in [0.15, 0.2) is 29.6 Å². The predicted molar refractivity (Wildman–Crippen MR) is 83.5 cm³/mol. The molecule has 0 radical (unpaired) electrons. The predicted octanol–water partition coefficient (Wildman–Crippen LogP) is 0.749. The number of fused-ring (bicyclic) bond motifs is 1. The molecule has 22 heavy (non-hydrogen) atoms. The van der Waals surface area contributed by atoms with Crippen molar-refractivity contribution in [1.82, 2.24) is 28.8 Å². The van der Waals surface area contributed by atoms with Crippen molar-refractivity contribution in [1.29, 1.82) is 0 Å². The lowest BCUT2D eigenvalue weighted by Gasteiger charge is -2.11. The number of rotatable bonds is 5. The van der Waals surface area contributed by atoms with E-state index in [1.165, 1.54) is 14.1 Å². The molecule has 0 fully saturated rings. The molecule has 0 atom stereocenters. The minimum Gasteiger partial charge on any atom is -0.195 e. The highest BCUT2D eigenvalue weighted by Gasteiger charge is 2.15. The first-order valence-electron chi connectivity index (χ1n) is 6.40. The van der Waals surface area contributed by atoms with Crippen LogP contribution in [0.3, 0.4) is 0 Å². The molecular weight excluding hydrogens is 324 g/mol. The molecule has 3 aromatic heterocycles. The van der Waals surface area contributed by atoms with Gasteiger partial charge in [0.05, 0.1) is 11.4 Å². The van der Waals surface area contributed by atoms with Crippen molar-refractivity contribution in [2.24, 2.45) is 0 Å². The van der Waals surface area contributed by atoms with E-state index in [0.29, 0.717) is 11.5 Å². The summed E-state index contributed by atoms with van der Waals surface area (Å²) in [7, 11) is -0.608. The van der Waals surface area contributed by atoms with Gasteiger partial charge < -0.3 is 0 Å². The van der Waals surface area contributed by atoms with Crippen molar-refractivity contribution in [2.45, 2.75) is 6.54 Å². The monoisotopic (exact) mass is 338 g/mol. The smallest absolute Gasteiger partial charge is 0.195 e. The number of thiophene rings is 1. The second-order valence-electron chi connectivity index (χ2n) is 4.69. The highest BCUT2D eigenvalue weighted by atomic mass is 32.2. The highest BCUT2D eigenvalue weighted by Crippen LogP contribution is 2.22. The molecule has 10 heteroatoms. The van der Waals surface area contributed by atoms with Crippen LogP contribution in [0.25, 0.3) is 16.2 Å². The molecule has 0 aromatic carbocycles. The number of nitrogens with zero attached hydrogens (tertiary/aromatic N) is 5. The van der Waals surface area contributed by atoms with Gasteiger partial charge in [-0.3, -0.25) is 0 Å². The van der Waals surface area contributed by atoms with Gasteiger partial charge in [-0.25, -0.2) is 0 Å². The Labute approximate surface area is 131 Å². The molecule has 0 bridgehead atoms. The summed E-state index contributed by atoms with van der Waals surface area (Å²) in [6.07, 6.45) is 0. The average molecular weight is 338 g/mol. The molecule has 0 aliphatic rings. The lowest BCUT2D eigenvalue weighted by molar-refractivity contribution is 0.503. The molecular formula is C12H14N6O2S2. The van der Waals surface area contributed by atoms with E-state index in [1.807, 2.05) is 23.6 Å². The van der Waals surface area contributed by atoms with Crippen LogP contribution in [0.1, 0.15) is 5.82 Å². The molecule has 3 heterocycles. The van der Waals surface area contributed by atoms with Crippen molar-refractivity contribution >= 4 is 27.2 Å². The Balaban J connectivity index is 1.92. The third kappa shape index (κ3) is 2.86. The van der Waals surface area contributed by atoms with Gasteiger partial charge >= 0.3 is 0 Å². The van der Waals surface area contributed by atoms with Crippen molar-refractivity contribution in [3.05, 3.63) is 35.5 Å². The van der Waals surface area contributed by atoms with Gasteiger partial charge in [0.2, 0.25) is 0 Å². The fourth-order valence-corrected chi connectivity index (χ4v) is 3.04. The van der Waals surface area contributed by atoms with E-state index in [0.717, 1.165) is 14.9 Å². The number of nitrogens with one attached hydrogen (secondary N) is 1. The van der Waals surface area contributed by atoms with Gasteiger partial charge in [0, 0.05) is 14.1 Å². The lowest BCUT2D eigenvalue weighted by atomic mass is 10.3. The van der Waals surface area contributed by atoms with Crippen molar-refractivity contribution in [3.8, 4) is 10.6 Å². The van der Waals surface area contributed by atoms with Crippen LogP contribution in [0.2, 0.25) is 0 Å². The zero-order valence-corrected chi connectivity index (χ0v) is 13.6. The molecule has 0 saturated heterocycles. The summed E-state index contributed by atoms with van der Waals surface area (Å²) in [6, 6.07) is 7.59. The van der Waals surface area contributed by atoms with E-state index in [-0.39, 0.29) is 6.54 Å². The van der Waals surface area contributed by atoms with E-state index < -0.39 is 10.2 Å². The molecule has 1 N–H and O–H groups in total. The van der Waals surface area contributed by atoms with Crippen molar-refractivity contribution in [2.75, 3.05) is 14.1 Å². The normalized spacial score (nSPS) is 12.3. The maximum Gasteiger partial charge on any atom is 0.279 e. The van der Waals surface area contributed by atoms with Crippen LogP contribution in [0.5, 0.6) is 0 Å². The van der Waals surface area contributed by atoms with Gasteiger partial charge in [-0.2, -0.15) is 27.1 Å². The second-order valence-corrected chi connectivity index (χ2v) is 7.61. The molecule has 0 amide bonds. The van der Waals surface area contributed by atoms with Crippen LogP contribution >= 0.6 is 11.3 Å². The first-order chi connectivity index (χ1) is 10.5. The molecule has 3 aromatic rings. The molecule has 0 unspecified atom stereocenters. The summed E-state index contributed by atoms with van der Waals surface area (Å²) in [5, 5.41) is 14.4. The first-order valence-corrected chi connectivity index (χ1v) is 8.72. The Morgan fingerprint density at radius 1 is 1.27 bits per heavy atom. The topological polar surface area (TPSA) is 92.5 Å². The number of hydrogen-bond acceptors (Lipinski definition) is 6. The van der Waals surface area contributed by atoms with Crippen LogP contribution in [0.4, 0.5) is 0 Å². The fraction of sp³-hybridized carbons (Fsp3) is 0.250. The molecule has 8 nitrogen and oxygen atoms in total. The molecule has 0 spiro atoms. The van der Waals surface area contributed by atoms with Crippen LogP contribution in [-0.4, -0.2) is 46.6 Å². The standard InChI is InChI=1S/C12H14N6O2S2/c1-17(2)22(19,20)13-8-12-15-14-11-6-5-9(16-18(11)12)10-4-3-7-21-10/h3-7,13H,8H2,1-2H3. The largest absolute Gasteiger partial charge is 0.279 e. The van der Waals surface area contributed by atoms with Crippen LogP contribution in [0, 0.1) is 0 Å². The Hall–Kier alpha value is -1.88. The first kappa shape index (κ1) is 15.0. The summed E-state index contributed by atoms with van der Waals surface area (Å²) in [5.74, 6) is 0.429. The van der Waals surface area contributed by atoms with E-state index in [9.17, 15) is 8.42 Å². The SMILES string of the molecule is CN(C)S(=O)(=O)NCc1nnc2ccc(-c3cccs3)nn12. The van der Waals surface area contributed by atoms with E-state index in [2.05, 4.69) is 20.0 Å². The molecule has 0 aliphatic heterocycles. The van der Waals surface area contributed by atoms with Gasteiger partial charge in [0.15, 0.2) is 11.5 Å². The number of aromatic nitrogens is 4. The van der Waals surface area contributed by atoms with Gasteiger partial charge in [-0.05, 0) is 23.6 Å². The summed E-state index contributed by atoms with van der Waals surface area (Å²) < 4.78 is 28.6. The van der Waals surface area contributed by atoms with E-state index in [1.54, 1.807) is 21.9 Å². The Morgan fingerprint density at radius 2 is 2.09 bits per heavy atom. The maximum absolute atomic E-state index is 11.8. The molecule has 3 rings (SSSR count). The van der Waals surface area contributed by atoms with E-state index >= 15 is 0 Å². The third-order valence-corrected chi connectivity index (χ3v) is 5.36. The summed E-state index contributed by atoms with van der Waals surface area (Å²) >= 11 is 1.58. The van der Waals surface area contributed by atoms with Gasteiger partial charge in [0.25, 0.3) is 10.2 Å². The second kappa shape index (κ2) is 5.72. The van der Waals surface area contributed by atoms with Crippen LogP contribution in [-0.2, 0) is 16.8 Å². The Bertz CT molecular complexity index is 886. The Morgan fingerprint density at radius 3 is 2.77 bits per heavy atom. The van der Waals surface area contributed by atoms with Crippen molar-refractivity contribution < 1.29 is 8.42 Å². The quantitative estimate of drug-likeness (QED) is 0.741. The summed E-state index contributed by atoms with van der Waals surface area (Å²) in [6.45, 7) is 0.0164. The maximum atomic E-state index is 11.8. The summed E-state index contributed by atoms with van der Waals surface area (Å²) in [4.78, 5) is 1.02. The van der Waals surface area contributed by atoms with Gasteiger partial charge in [-0.15, -0.1) is 21.5 Å². The third-order valence-electron chi connectivity index (χ3n) is 2.99. The lowest BCUT2D eigenvalue weighted by Crippen LogP contribution is -2.35. The van der Waals surface area contributed by atoms with E-state index in [4.69, 9.17) is 0 Å². The minimum atomic E-state index is -3.52. The Kier molecular flexibility index (Phi) is 3.91. The van der Waals surface area contributed by atoms with Gasteiger partial charge in [-0.1, -0.05) is 6.07 Å². The molecule has 116 valence electrons. The molecule has 0 aliphatic carbocycles. The minimum absolute atomic E-state index is 0.0164. The van der Waals surface area contributed by atoms with Crippen LogP contribution < -0.4 is 4.72 Å². The number of hydrogen-bond donors (Lipinski definition) is 1. The highest BCUT2D eigenvalue weighted by molar-refractivity contribution is 7.87. The summed E-state index contributed by atoms with van der Waals surface area (Å²) in [5.41, 5.74) is 1.36. The van der Waals surface area contributed by atoms with Crippen molar-refractivity contribution in [3.63, 3.8) is 0 Å². The zero-order chi connectivity index (χ0) is 15.7. The average Bonchev–Trinajstić information content (AvgIpc) is 3.14. The zero-order valence-electron chi connectivity index (χ0n) is 12.0. The van der Waals surface area contributed by atoms with Gasteiger partial charge in [0.1, 0.15) is 5.69 Å².